The molecule has 1 aliphatic rings. The zero-order valence-corrected chi connectivity index (χ0v) is 6.66. The number of nitrogens with zero attached hydrogens (tertiary/aromatic N) is 1. The van der Waals surface area contributed by atoms with Crippen molar-refractivity contribution < 1.29 is 4.79 Å². The van der Waals surface area contributed by atoms with Gasteiger partial charge in [-0.25, -0.2) is 0 Å². The third-order valence-corrected chi connectivity index (χ3v) is 2.34. The fourth-order valence-electron chi connectivity index (χ4n) is 1.64. The Morgan fingerprint density at radius 1 is 1.50 bits per heavy atom. The molecule has 2 N–H and O–H groups in total. The Balaban J connectivity index is 2.27. The highest BCUT2D eigenvalue weighted by Gasteiger charge is 2.25. The Morgan fingerprint density at radius 3 is 2.92 bits per heavy atom. The molecule has 1 amide bonds. The highest BCUT2D eigenvalue weighted by molar-refractivity contribution is 5.78. The minimum absolute atomic E-state index is 0.0100. The molecule has 0 radical (unpaired) electrons. The first kappa shape index (κ1) is 7.28. The summed E-state index contributed by atoms with van der Waals surface area (Å²) in [5.74, 6) is -0.213. The molecular formula is C9H10N2O. The molecule has 0 aromatic carbocycles. The molecular weight excluding hydrogens is 152 g/mol. The largest absolute Gasteiger partial charge is 0.369 e. The summed E-state index contributed by atoms with van der Waals surface area (Å²) in [5.41, 5.74) is 7.60. The first-order valence-electron chi connectivity index (χ1n) is 3.98. The highest BCUT2D eigenvalue weighted by atomic mass is 16.1. The summed E-state index contributed by atoms with van der Waals surface area (Å²) in [6.07, 6.45) is 5.12. The quantitative estimate of drug-likeness (QED) is 0.645. The number of primary amides is 1. The second-order valence-electron chi connectivity index (χ2n) is 3.15. The van der Waals surface area contributed by atoms with Crippen LogP contribution in [0.15, 0.2) is 18.5 Å². The predicted molar refractivity (Wildman–Crippen MR) is 44.3 cm³/mol. The van der Waals surface area contributed by atoms with Crippen LogP contribution < -0.4 is 5.73 Å². The van der Waals surface area contributed by atoms with Gasteiger partial charge in [0, 0.05) is 18.3 Å². The maximum Gasteiger partial charge on any atom is 0.221 e. The number of rotatable bonds is 1. The van der Waals surface area contributed by atoms with Crippen LogP contribution in [-0.4, -0.2) is 10.9 Å². The number of pyridine rings is 1. The van der Waals surface area contributed by atoms with Crippen molar-refractivity contribution in [3.8, 4) is 0 Å². The topological polar surface area (TPSA) is 56.0 Å². The van der Waals surface area contributed by atoms with Gasteiger partial charge in [0.25, 0.3) is 0 Å². The summed E-state index contributed by atoms with van der Waals surface area (Å²) in [5, 5.41) is 0. The van der Waals surface area contributed by atoms with Gasteiger partial charge in [-0.3, -0.25) is 9.78 Å². The highest BCUT2D eigenvalue weighted by Crippen LogP contribution is 2.24. The van der Waals surface area contributed by atoms with E-state index in [9.17, 15) is 4.79 Å². The molecule has 3 heteroatoms. The molecule has 1 atom stereocenters. The van der Waals surface area contributed by atoms with E-state index in [1.165, 1.54) is 11.1 Å². The number of nitrogens with two attached hydrogens (primary N) is 1. The summed E-state index contributed by atoms with van der Waals surface area (Å²) in [6.45, 7) is 0. The van der Waals surface area contributed by atoms with E-state index in [1.807, 2.05) is 12.3 Å². The molecule has 12 heavy (non-hydrogen) atoms. The van der Waals surface area contributed by atoms with Gasteiger partial charge in [-0.1, -0.05) is 0 Å². The van der Waals surface area contributed by atoms with Crippen LogP contribution in [0.3, 0.4) is 0 Å². The second kappa shape index (κ2) is 2.59. The van der Waals surface area contributed by atoms with Crippen LogP contribution in [0.2, 0.25) is 0 Å². The van der Waals surface area contributed by atoms with Crippen LogP contribution in [0.4, 0.5) is 0 Å². The summed E-state index contributed by atoms with van der Waals surface area (Å²) >= 11 is 0. The smallest absolute Gasteiger partial charge is 0.221 e. The third-order valence-electron chi connectivity index (χ3n) is 2.34. The molecule has 1 aromatic heterocycles. The maximum atomic E-state index is 10.9. The fourth-order valence-corrected chi connectivity index (χ4v) is 1.64. The molecule has 0 aliphatic heterocycles. The second-order valence-corrected chi connectivity index (χ2v) is 3.15. The van der Waals surface area contributed by atoms with E-state index < -0.39 is 0 Å². The average Bonchev–Trinajstić information content (AvgIpc) is 2.46. The number of hydrogen-bond donors (Lipinski definition) is 1. The van der Waals surface area contributed by atoms with Crippen molar-refractivity contribution in [1.82, 2.24) is 4.98 Å². The lowest BCUT2D eigenvalue weighted by molar-refractivity contribution is -0.121. The van der Waals surface area contributed by atoms with Gasteiger partial charge in [0.05, 0.1) is 0 Å². The summed E-state index contributed by atoms with van der Waals surface area (Å²) in [4.78, 5) is 14.9. The number of hydrogen-bond acceptors (Lipinski definition) is 2. The lowest BCUT2D eigenvalue weighted by atomic mass is 10.1. The predicted octanol–water partition coefficient (Wildman–Crippen LogP) is 0.282. The zero-order valence-electron chi connectivity index (χ0n) is 6.66. The van der Waals surface area contributed by atoms with E-state index in [2.05, 4.69) is 4.98 Å². The lowest BCUT2D eigenvalue weighted by Gasteiger charge is -1.99. The van der Waals surface area contributed by atoms with Crippen molar-refractivity contribution in [3.05, 3.63) is 29.6 Å². The van der Waals surface area contributed by atoms with Gasteiger partial charge < -0.3 is 5.73 Å². The van der Waals surface area contributed by atoms with Gasteiger partial charge >= 0.3 is 0 Å². The molecule has 2 rings (SSSR count). The molecule has 1 aliphatic carbocycles. The lowest BCUT2D eigenvalue weighted by Crippen LogP contribution is -2.23. The van der Waals surface area contributed by atoms with E-state index in [4.69, 9.17) is 5.73 Å². The Hall–Kier alpha value is -1.38. The monoisotopic (exact) mass is 162 g/mol. The number of amides is 1. The van der Waals surface area contributed by atoms with E-state index in [1.54, 1.807) is 6.20 Å². The summed E-state index contributed by atoms with van der Waals surface area (Å²) < 4.78 is 0. The normalized spacial score (nSPS) is 20.5. The number of carbonyl (C=O) groups is 1. The average molecular weight is 162 g/mol. The minimum Gasteiger partial charge on any atom is -0.369 e. The first-order valence-corrected chi connectivity index (χ1v) is 3.98. The number of fused-ring (bicyclic) bond motifs is 1. The van der Waals surface area contributed by atoms with Gasteiger partial charge in [-0.2, -0.15) is 0 Å². The minimum atomic E-state index is -0.203. The van der Waals surface area contributed by atoms with Gasteiger partial charge in [0.15, 0.2) is 0 Å². The van der Waals surface area contributed by atoms with E-state index in [-0.39, 0.29) is 11.8 Å². The number of aromatic nitrogens is 1. The molecule has 0 saturated carbocycles. The van der Waals surface area contributed by atoms with Crippen LogP contribution in [0, 0.1) is 5.92 Å². The van der Waals surface area contributed by atoms with Crippen molar-refractivity contribution in [3.63, 3.8) is 0 Å². The molecule has 1 aromatic rings. The SMILES string of the molecule is NC(=O)C1Cc2ccncc2C1. The molecule has 1 unspecified atom stereocenters. The maximum absolute atomic E-state index is 10.9. The van der Waals surface area contributed by atoms with Crippen LogP contribution in [0.25, 0.3) is 0 Å². The third kappa shape index (κ3) is 1.07. The van der Waals surface area contributed by atoms with Crippen molar-refractivity contribution in [1.29, 1.82) is 0 Å². The van der Waals surface area contributed by atoms with Crippen LogP contribution >= 0.6 is 0 Å². The van der Waals surface area contributed by atoms with Gasteiger partial charge in [0.2, 0.25) is 5.91 Å². The van der Waals surface area contributed by atoms with Crippen LogP contribution in [0.1, 0.15) is 11.1 Å². The van der Waals surface area contributed by atoms with Gasteiger partial charge in [0.1, 0.15) is 0 Å². The molecule has 3 nitrogen and oxygen atoms in total. The summed E-state index contributed by atoms with van der Waals surface area (Å²) in [7, 11) is 0. The fraction of sp³-hybridized carbons (Fsp3) is 0.333. The van der Waals surface area contributed by atoms with E-state index >= 15 is 0 Å². The standard InChI is InChI=1S/C9H10N2O/c10-9(12)7-3-6-1-2-11-5-8(6)4-7/h1-2,5,7H,3-4H2,(H2,10,12). The summed E-state index contributed by atoms with van der Waals surface area (Å²) in [6, 6.07) is 1.96. The van der Waals surface area contributed by atoms with Crippen LogP contribution in [0.5, 0.6) is 0 Å². The molecule has 0 spiro atoms. The Morgan fingerprint density at radius 2 is 2.25 bits per heavy atom. The van der Waals surface area contributed by atoms with Crippen molar-refractivity contribution in [2.24, 2.45) is 11.7 Å². The van der Waals surface area contributed by atoms with Crippen molar-refractivity contribution >= 4 is 5.91 Å². The van der Waals surface area contributed by atoms with Crippen molar-refractivity contribution in [2.75, 3.05) is 0 Å². The number of carbonyl (C=O) groups excluding carboxylic acids is 1. The van der Waals surface area contributed by atoms with Gasteiger partial charge in [-0.15, -0.1) is 0 Å². The zero-order chi connectivity index (χ0) is 8.55. The first-order chi connectivity index (χ1) is 5.77. The molecule has 1 heterocycles. The van der Waals surface area contributed by atoms with E-state index in [0.717, 1.165) is 12.8 Å². The van der Waals surface area contributed by atoms with Crippen LogP contribution in [-0.2, 0) is 17.6 Å². The van der Waals surface area contributed by atoms with Crippen molar-refractivity contribution in [2.45, 2.75) is 12.8 Å². The molecule has 0 bridgehead atoms. The Labute approximate surface area is 70.6 Å². The molecule has 62 valence electrons. The van der Waals surface area contributed by atoms with Gasteiger partial charge in [-0.05, 0) is 30.0 Å². The molecule has 0 saturated heterocycles. The van der Waals surface area contributed by atoms with E-state index in [0.29, 0.717) is 0 Å². The molecule has 0 fully saturated rings. The Kier molecular flexibility index (Phi) is 1.57. The Bertz CT molecular complexity index is 297.